The number of rotatable bonds is 8. The van der Waals surface area contributed by atoms with Crippen LogP contribution in [0.25, 0.3) is 10.8 Å². The van der Waals surface area contributed by atoms with E-state index < -0.39 is 21.7 Å². The minimum atomic E-state index is -3.78. The average Bonchev–Trinajstić information content (AvgIpc) is 2.56. The van der Waals surface area contributed by atoms with Gasteiger partial charge in [-0.3, -0.25) is 0 Å². The van der Waals surface area contributed by atoms with Gasteiger partial charge in [0, 0.05) is 17.5 Å². The van der Waals surface area contributed by atoms with E-state index in [2.05, 4.69) is 10.0 Å². The third-order valence-electron chi connectivity index (χ3n) is 4.05. The molecule has 8 heteroatoms. The van der Waals surface area contributed by atoms with Crippen molar-refractivity contribution in [1.29, 1.82) is 0 Å². The molecule has 2 aromatic carbocycles. The molecule has 0 saturated heterocycles. The largest absolute Gasteiger partial charge is 0.495 e. The Bertz CT molecular complexity index is 894. The highest BCUT2D eigenvalue weighted by Crippen LogP contribution is 2.31. The van der Waals surface area contributed by atoms with Gasteiger partial charge in [0.2, 0.25) is 10.0 Å². The summed E-state index contributed by atoms with van der Waals surface area (Å²) in [6.45, 7) is 3.70. The van der Waals surface area contributed by atoms with Crippen LogP contribution in [0.5, 0.6) is 5.75 Å². The lowest BCUT2D eigenvalue weighted by Crippen LogP contribution is -2.43. The standard InChI is InChI=1S/C18H24N2O5S/c1-18(2,20-17(21)22)11-6-12-19-26(23,24)16-14-8-5-4-7-13(14)9-10-15(16)25-3/h4-5,7-10,19-20H,6,11-12H2,1-3H3,(H,21,22). The van der Waals surface area contributed by atoms with E-state index in [-0.39, 0.29) is 17.2 Å². The first-order chi connectivity index (χ1) is 12.2. The summed E-state index contributed by atoms with van der Waals surface area (Å²) in [6, 6.07) is 10.7. The zero-order valence-corrected chi connectivity index (χ0v) is 15.9. The fourth-order valence-electron chi connectivity index (χ4n) is 2.82. The zero-order valence-electron chi connectivity index (χ0n) is 15.1. The van der Waals surface area contributed by atoms with Gasteiger partial charge in [-0.05, 0) is 38.1 Å². The molecule has 7 nitrogen and oxygen atoms in total. The zero-order chi connectivity index (χ0) is 19.4. The summed E-state index contributed by atoms with van der Waals surface area (Å²) in [5.41, 5.74) is -0.631. The molecule has 0 bridgehead atoms. The fourth-order valence-corrected chi connectivity index (χ4v) is 4.27. The number of fused-ring (bicyclic) bond motifs is 1. The molecule has 0 unspecified atom stereocenters. The summed E-state index contributed by atoms with van der Waals surface area (Å²) in [4.78, 5) is 10.9. The number of carbonyl (C=O) groups is 1. The summed E-state index contributed by atoms with van der Waals surface area (Å²) < 4.78 is 33.5. The number of sulfonamides is 1. The van der Waals surface area contributed by atoms with Crippen molar-refractivity contribution in [3.05, 3.63) is 36.4 Å². The highest BCUT2D eigenvalue weighted by molar-refractivity contribution is 7.89. The smallest absolute Gasteiger partial charge is 0.405 e. The third-order valence-corrected chi connectivity index (χ3v) is 5.59. The minimum absolute atomic E-state index is 0.112. The highest BCUT2D eigenvalue weighted by Gasteiger charge is 2.23. The summed E-state index contributed by atoms with van der Waals surface area (Å²) in [5.74, 6) is 0.282. The van der Waals surface area contributed by atoms with Crippen LogP contribution in [0.1, 0.15) is 26.7 Å². The lowest BCUT2D eigenvalue weighted by atomic mass is 9.99. The second-order valence-electron chi connectivity index (χ2n) is 6.63. The van der Waals surface area contributed by atoms with Crippen molar-refractivity contribution in [1.82, 2.24) is 10.0 Å². The SMILES string of the molecule is COc1ccc2ccccc2c1S(=O)(=O)NCCCC(C)(C)NC(=O)O. The van der Waals surface area contributed by atoms with Crippen LogP contribution in [-0.4, -0.2) is 38.8 Å². The van der Waals surface area contributed by atoms with Gasteiger partial charge in [-0.1, -0.05) is 30.3 Å². The Morgan fingerprint density at radius 1 is 1.19 bits per heavy atom. The van der Waals surface area contributed by atoms with E-state index in [0.717, 1.165) is 5.39 Å². The highest BCUT2D eigenvalue weighted by atomic mass is 32.2. The Morgan fingerprint density at radius 2 is 1.88 bits per heavy atom. The van der Waals surface area contributed by atoms with E-state index in [9.17, 15) is 13.2 Å². The van der Waals surface area contributed by atoms with Gasteiger partial charge in [-0.2, -0.15) is 0 Å². The molecule has 0 fully saturated rings. The molecule has 0 atom stereocenters. The molecule has 2 rings (SSSR count). The molecule has 0 aliphatic carbocycles. The minimum Gasteiger partial charge on any atom is -0.495 e. The number of hydrogen-bond acceptors (Lipinski definition) is 4. The Kier molecular flexibility index (Phi) is 6.09. The van der Waals surface area contributed by atoms with Gasteiger partial charge in [-0.25, -0.2) is 17.9 Å². The van der Waals surface area contributed by atoms with Gasteiger partial charge in [0.1, 0.15) is 10.6 Å². The molecule has 0 spiro atoms. The predicted octanol–water partition coefficient (Wildman–Crippen LogP) is 2.95. The summed E-state index contributed by atoms with van der Waals surface area (Å²) in [7, 11) is -2.35. The van der Waals surface area contributed by atoms with Crippen molar-refractivity contribution in [2.45, 2.75) is 37.1 Å². The van der Waals surface area contributed by atoms with Crippen LogP contribution in [0.2, 0.25) is 0 Å². The van der Waals surface area contributed by atoms with Crippen LogP contribution < -0.4 is 14.8 Å². The van der Waals surface area contributed by atoms with Crippen molar-refractivity contribution in [2.75, 3.05) is 13.7 Å². The maximum atomic E-state index is 12.8. The molecular formula is C18H24N2O5S. The van der Waals surface area contributed by atoms with E-state index in [1.54, 1.807) is 32.0 Å². The van der Waals surface area contributed by atoms with E-state index in [4.69, 9.17) is 9.84 Å². The maximum Gasteiger partial charge on any atom is 0.405 e. The Labute approximate surface area is 153 Å². The number of ether oxygens (including phenoxy) is 1. The topological polar surface area (TPSA) is 105 Å². The molecule has 26 heavy (non-hydrogen) atoms. The van der Waals surface area contributed by atoms with Crippen molar-refractivity contribution in [2.24, 2.45) is 0 Å². The van der Waals surface area contributed by atoms with Crippen molar-refractivity contribution < 1.29 is 23.1 Å². The molecular weight excluding hydrogens is 356 g/mol. The molecule has 2 aromatic rings. The monoisotopic (exact) mass is 380 g/mol. The van der Waals surface area contributed by atoms with Crippen molar-refractivity contribution >= 4 is 26.9 Å². The number of methoxy groups -OCH3 is 1. The summed E-state index contributed by atoms with van der Waals surface area (Å²) in [5, 5.41) is 12.6. The third kappa shape index (κ3) is 4.86. The van der Waals surface area contributed by atoms with Gasteiger partial charge in [0.25, 0.3) is 0 Å². The molecule has 1 amide bonds. The van der Waals surface area contributed by atoms with Crippen LogP contribution in [0.15, 0.2) is 41.3 Å². The molecule has 0 heterocycles. The van der Waals surface area contributed by atoms with E-state index in [1.165, 1.54) is 7.11 Å². The lowest BCUT2D eigenvalue weighted by molar-refractivity contribution is 0.180. The summed E-state index contributed by atoms with van der Waals surface area (Å²) in [6.07, 6.45) is -0.121. The number of carboxylic acid groups (broad SMARTS) is 1. The first-order valence-electron chi connectivity index (χ1n) is 8.23. The van der Waals surface area contributed by atoms with Crippen LogP contribution in [0, 0.1) is 0 Å². The Balaban J connectivity index is 2.16. The van der Waals surface area contributed by atoms with E-state index >= 15 is 0 Å². The predicted molar refractivity (Wildman–Crippen MR) is 100 cm³/mol. The number of nitrogens with one attached hydrogen (secondary N) is 2. The van der Waals surface area contributed by atoms with Gasteiger partial charge < -0.3 is 15.2 Å². The normalized spacial score (nSPS) is 12.1. The maximum absolute atomic E-state index is 12.8. The number of benzene rings is 2. The first-order valence-corrected chi connectivity index (χ1v) is 9.71. The molecule has 3 N–H and O–H groups in total. The van der Waals surface area contributed by atoms with Crippen molar-refractivity contribution in [3.8, 4) is 5.75 Å². The second-order valence-corrected chi connectivity index (χ2v) is 8.34. The number of hydrogen-bond donors (Lipinski definition) is 3. The van der Waals surface area contributed by atoms with Crippen molar-refractivity contribution in [3.63, 3.8) is 0 Å². The van der Waals surface area contributed by atoms with Gasteiger partial charge >= 0.3 is 6.09 Å². The van der Waals surface area contributed by atoms with Crippen LogP contribution in [0.3, 0.4) is 0 Å². The van der Waals surface area contributed by atoms with Crippen LogP contribution in [0.4, 0.5) is 4.79 Å². The average molecular weight is 380 g/mol. The van der Waals surface area contributed by atoms with Gasteiger partial charge in [0.05, 0.1) is 7.11 Å². The summed E-state index contributed by atoms with van der Waals surface area (Å²) >= 11 is 0. The molecule has 0 aromatic heterocycles. The number of amides is 1. The lowest BCUT2D eigenvalue weighted by Gasteiger charge is -2.24. The quantitative estimate of drug-likeness (QED) is 0.611. The Morgan fingerprint density at radius 3 is 2.54 bits per heavy atom. The fraction of sp³-hybridized carbons (Fsp3) is 0.389. The Hall–Kier alpha value is -2.32. The molecule has 0 radical (unpaired) electrons. The van der Waals surface area contributed by atoms with E-state index in [0.29, 0.717) is 18.2 Å². The van der Waals surface area contributed by atoms with Gasteiger partial charge in [-0.15, -0.1) is 0 Å². The molecule has 0 aliphatic rings. The van der Waals surface area contributed by atoms with Crippen LogP contribution in [-0.2, 0) is 10.0 Å². The second kappa shape index (κ2) is 7.92. The van der Waals surface area contributed by atoms with Gasteiger partial charge in [0.15, 0.2) is 0 Å². The molecule has 0 aliphatic heterocycles. The first kappa shape index (κ1) is 20.0. The molecule has 142 valence electrons. The van der Waals surface area contributed by atoms with E-state index in [1.807, 2.05) is 18.2 Å². The molecule has 0 saturated carbocycles. The van der Waals surface area contributed by atoms with Crippen LogP contribution >= 0.6 is 0 Å².